The van der Waals surface area contributed by atoms with Gasteiger partial charge in [-0.3, -0.25) is 4.79 Å². The van der Waals surface area contributed by atoms with E-state index in [-0.39, 0.29) is 23.9 Å². The molecule has 6 N–H and O–H groups in total. The molecule has 10 heteroatoms. The first kappa shape index (κ1) is 37.2. The first-order chi connectivity index (χ1) is 18.4. The summed E-state index contributed by atoms with van der Waals surface area (Å²) in [7, 11) is 1.94. The Labute approximate surface area is 242 Å². The Morgan fingerprint density at radius 2 is 1.75 bits per heavy atom. The van der Waals surface area contributed by atoms with Gasteiger partial charge in [0.2, 0.25) is 0 Å². The van der Waals surface area contributed by atoms with Crippen molar-refractivity contribution in [3.05, 3.63) is 0 Å². The normalized spacial score (nSPS) is 29.6. The zero-order valence-corrected chi connectivity index (χ0v) is 26.6. The number of aliphatic carboxylic acids is 1. The molecule has 40 heavy (non-hydrogen) atoms. The molecule has 1 aliphatic heterocycles. The fourth-order valence-corrected chi connectivity index (χ4v) is 6.26. The summed E-state index contributed by atoms with van der Waals surface area (Å²) in [6.07, 6.45) is -0.952. The third kappa shape index (κ3) is 11.1. The number of hydrogen-bond donors (Lipinski definition) is 6. The maximum Gasteiger partial charge on any atom is 0.308 e. The molecule has 0 aromatic heterocycles. The minimum absolute atomic E-state index is 0.0543. The van der Waals surface area contributed by atoms with E-state index in [1.54, 1.807) is 27.7 Å². The summed E-state index contributed by atoms with van der Waals surface area (Å²) in [5.41, 5.74) is -2.26. The smallest absolute Gasteiger partial charge is 0.308 e. The molecule has 0 spiro atoms. The summed E-state index contributed by atoms with van der Waals surface area (Å²) in [6.45, 7) is 17.8. The summed E-state index contributed by atoms with van der Waals surface area (Å²) in [4.78, 5) is 14.0. The molecule has 12 atom stereocenters. The van der Waals surface area contributed by atoms with Gasteiger partial charge in [0, 0.05) is 18.5 Å². The Morgan fingerprint density at radius 1 is 1.15 bits per heavy atom. The SMILES string of the molecule is CCCC(C)(O)[C@H](O)[C@@H](C)NC[C@H](C)CC(C)(O)C[C@@H](C)C(O[C@H]1CC(N(C)CC)[C@H](O)C(C)O1)[C@@H](C)C(=O)O. The van der Waals surface area contributed by atoms with E-state index < -0.39 is 53.8 Å². The molecule has 1 aliphatic rings. The molecule has 0 bridgehead atoms. The molecule has 1 heterocycles. The molecule has 10 nitrogen and oxygen atoms in total. The van der Waals surface area contributed by atoms with Crippen molar-refractivity contribution in [2.24, 2.45) is 17.8 Å². The predicted octanol–water partition coefficient (Wildman–Crippen LogP) is 2.60. The van der Waals surface area contributed by atoms with Gasteiger partial charge in [-0.2, -0.15) is 0 Å². The fourth-order valence-electron chi connectivity index (χ4n) is 6.26. The van der Waals surface area contributed by atoms with Crippen LogP contribution in [0.25, 0.3) is 0 Å². The van der Waals surface area contributed by atoms with E-state index in [4.69, 9.17) is 9.47 Å². The average Bonchev–Trinajstić information content (AvgIpc) is 2.85. The van der Waals surface area contributed by atoms with E-state index in [1.807, 2.05) is 46.6 Å². The second kappa shape index (κ2) is 16.1. The fraction of sp³-hybridized carbons (Fsp3) is 0.967. The van der Waals surface area contributed by atoms with E-state index in [0.29, 0.717) is 32.2 Å². The largest absolute Gasteiger partial charge is 0.481 e. The van der Waals surface area contributed by atoms with Crippen LogP contribution >= 0.6 is 0 Å². The highest BCUT2D eigenvalue weighted by molar-refractivity contribution is 5.70. The summed E-state index contributed by atoms with van der Waals surface area (Å²) in [5, 5.41) is 56.2. The number of nitrogens with zero attached hydrogens (tertiary/aromatic N) is 1. The average molecular weight is 577 g/mol. The van der Waals surface area contributed by atoms with Gasteiger partial charge in [0.05, 0.1) is 41.5 Å². The maximum absolute atomic E-state index is 12.0. The van der Waals surface area contributed by atoms with Crippen LogP contribution in [0.4, 0.5) is 0 Å². The second-order valence-corrected chi connectivity index (χ2v) is 13.1. The highest BCUT2D eigenvalue weighted by Gasteiger charge is 2.42. The molecule has 0 amide bonds. The topological polar surface area (TPSA) is 152 Å². The van der Waals surface area contributed by atoms with Crippen LogP contribution in [-0.2, 0) is 14.3 Å². The van der Waals surface area contributed by atoms with Gasteiger partial charge in [0.25, 0.3) is 0 Å². The lowest BCUT2D eigenvalue weighted by molar-refractivity contribution is -0.262. The summed E-state index contributed by atoms with van der Waals surface area (Å²) in [5.74, 6) is -2.04. The highest BCUT2D eigenvalue weighted by Crippen LogP contribution is 2.33. The Balaban J connectivity index is 2.85. The van der Waals surface area contributed by atoms with Gasteiger partial charge in [-0.15, -0.1) is 0 Å². The van der Waals surface area contributed by atoms with E-state index in [1.165, 1.54) is 0 Å². The Bertz CT molecular complexity index is 751. The zero-order chi connectivity index (χ0) is 31.0. The zero-order valence-electron chi connectivity index (χ0n) is 26.6. The number of aliphatic hydroxyl groups excluding tert-OH is 2. The van der Waals surface area contributed by atoms with Crippen LogP contribution in [0, 0.1) is 17.8 Å². The van der Waals surface area contributed by atoms with Crippen molar-refractivity contribution < 1.29 is 39.8 Å². The maximum atomic E-state index is 12.0. The number of rotatable bonds is 18. The number of ether oxygens (including phenoxy) is 2. The molecule has 0 aromatic rings. The van der Waals surface area contributed by atoms with Crippen molar-refractivity contribution in [2.75, 3.05) is 20.1 Å². The molecular weight excluding hydrogens is 516 g/mol. The number of carboxylic acid groups (broad SMARTS) is 1. The third-order valence-corrected chi connectivity index (χ3v) is 8.70. The molecule has 1 fully saturated rings. The van der Waals surface area contributed by atoms with Crippen LogP contribution in [0.1, 0.15) is 94.4 Å². The number of likely N-dealkylation sites (N-methyl/N-ethyl adjacent to an activating group) is 1. The number of hydrogen-bond acceptors (Lipinski definition) is 9. The molecule has 238 valence electrons. The van der Waals surface area contributed by atoms with Gasteiger partial charge >= 0.3 is 5.97 Å². The van der Waals surface area contributed by atoms with Crippen LogP contribution in [0.3, 0.4) is 0 Å². The lowest BCUT2D eigenvalue weighted by Crippen LogP contribution is -2.55. The summed E-state index contributed by atoms with van der Waals surface area (Å²) < 4.78 is 12.3. The lowest BCUT2D eigenvalue weighted by atomic mass is 9.80. The van der Waals surface area contributed by atoms with Crippen LogP contribution in [0.2, 0.25) is 0 Å². The Hall–Kier alpha value is -0.850. The highest BCUT2D eigenvalue weighted by atomic mass is 16.7. The molecule has 1 rings (SSSR count). The van der Waals surface area contributed by atoms with Crippen molar-refractivity contribution in [1.29, 1.82) is 0 Å². The third-order valence-electron chi connectivity index (χ3n) is 8.70. The van der Waals surface area contributed by atoms with Crippen LogP contribution in [0.15, 0.2) is 0 Å². The van der Waals surface area contributed by atoms with Crippen LogP contribution in [0.5, 0.6) is 0 Å². The standard InChI is InChI=1S/C30H60N2O8/c1-11-13-30(9,38)27(34)21(6)31-17-18(3)15-29(8,37)16-19(4)26(20(5)28(35)36)40-24-14-23(32(10)12-2)25(33)22(7)39-24/h18-27,31,33-34,37-38H,11-17H2,1-10H3,(H,35,36)/t18-,19-,20-,21-,22?,23?,24+,25-,26?,27-,29?,30?/m1/s1. The van der Waals surface area contributed by atoms with Gasteiger partial charge in [-0.25, -0.2) is 0 Å². The molecule has 0 aromatic carbocycles. The van der Waals surface area contributed by atoms with E-state index in [0.717, 1.165) is 13.0 Å². The molecule has 0 aliphatic carbocycles. The van der Waals surface area contributed by atoms with Crippen molar-refractivity contribution in [2.45, 2.75) is 148 Å². The number of aliphatic hydroxyl groups is 4. The minimum Gasteiger partial charge on any atom is -0.481 e. The van der Waals surface area contributed by atoms with E-state index in [2.05, 4.69) is 5.32 Å². The summed E-state index contributed by atoms with van der Waals surface area (Å²) >= 11 is 0. The lowest BCUT2D eigenvalue weighted by Gasteiger charge is -2.44. The molecular formula is C30H60N2O8. The van der Waals surface area contributed by atoms with Crippen LogP contribution in [-0.4, -0.2) is 111 Å². The van der Waals surface area contributed by atoms with E-state index in [9.17, 15) is 30.3 Å². The van der Waals surface area contributed by atoms with Gasteiger partial charge in [-0.1, -0.05) is 34.1 Å². The number of carboxylic acids is 1. The Kier molecular flexibility index (Phi) is 15.0. The molecule has 5 unspecified atom stereocenters. The van der Waals surface area contributed by atoms with Gasteiger partial charge in [0.1, 0.15) is 0 Å². The first-order valence-electron chi connectivity index (χ1n) is 15.1. The van der Waals surface area contributed by atoms with Gasteiger partial charge in [0.15, 0.2) is 6.29 Å². The van der Waals surface area contributed by atoms with E-state index >= 15 is 0 Å². The first-order valence-corrected chi connectivity index (χ1v) is 15.1. The predicted molar refractivity (Wildman–Crippen MR) is 156 cm³/mol. The monoisotopic (exact) mass is 576 g/mol. The Morgan fingerprint density at radius 3 is 2.27 bits per heavy atom. The molecule has 0 radical (unpaired) electrons. The number of carbonyl (C=O) groups is 1. The van der Waals surface area contributed by atoms with Gasteiger partial charge < -0.3 is 45.2 Å². The van der Waals surface area contributed by atoms with Crippen molar-refractivity contribution >= 4 is 5.97 Å². The van der Waals surface area contributed by atoms with Crippen molar-refractivity contribution in [3.8, 4) is 0 Å². The molecule has 1 saturated heterocycles. The number of nitrogens with one attached hydrogen (secondary N) is 1. The minimum atomic E-state index is -1.18. The van der Waals surface area contributed by atoms with Crippen molar-refractivity contribution in [1.82, 2.24) is 10.2 Å². The second-order valence-electron chi connectivity index (χ2n) is 13.1. The quantitative estimate of drug-likeness (QED) is 0.144. The van der Waals surface area contributed by atoms with Crippen molar-refractivity contribution in [3.63, 3.8) is 0 Å². The molecule has 0 saturated carbocycles. The van der Waals surface area contributed by atoms with Crippen LogP contribution < -0.4 is 5.32 Å². The van der Waals surface area contributed by atoms with Gasteiger partial charge in [-0.05, 0) is 85.9 Å². The summed E-state index contributed by atoms with van der Waals surface area (Å²) in [6, 6.07) is -0.494.